The third-order valence-corrected chi connectivity index (χ3v) is 1.74. The molecule has 0 amide bonds. The van der Waals surface area contributed by atoms with E-state index in [9.17, 15) is 0 Å². The summed E-state index contributed by atoms with van der Waals surface area (Å²) in [4.78, 5) is 3.90. The fourth-order valence-corrected chi connectivity index (χ4v) is 0.873. The molecule has 0 aliphatic rings. The molecule has 60 valence electrons. The quantitative estimate of drug-likeness (QED) is 0.705. The standard InChI is InChI=1S/C8H10ClNO/c1-5(2)7-4-3-6(9)8(11)10-7/h3-5H,1-2H3,(H,10,11). The average molecular weight is 172 g/mol. The molecule has 1 N–H and O–H groups in total. The molecule has 0 radical (unpaired) electrons. The summed E-state index contributed by atoms with van der Waals surface area (Å²) in [5.41, 5.74) is 0.854. The van der Waals surface area contributed by atoms with Crippen molar-refractivity contribution in [2.75, 3.05) is 0 Å². The number of rotatable bonds is 1. The largest absolute Gasteiger partial charge is 0.492 e. The van der Waals surface area contributed by atoms with Crippen molar-refractivity contribution in [2.24, 2.45) is 0 Å². The Morgan fingerprint density at radius 2 is 2.09 bits per heavy atom. The summed E-state index contributed by atoms with van der Waals surface area (Å²) in [6.07, 6.45) is 0. The molecule has 2 nitrogen and oxygen atoms in total. The maximum absolute atomic E-state index is 9.11. The van der Waals surface area contributed by atoms with Gasteiger partial charge in [0.15, 0.2) is 0 Å². The lowest BCUT2D eigenvalue weighted by atomic mass is 10.1. The normalized spacial score (nSPS) is 10.5. The Labute approximate surface area is 70.8 Å². The topological polar surface area (TPSA) is 33.1 Å². The highest BCUT2D eigenvalue weighted by molar-refractivity contribution is 6.31. The van der Waals surface area contributed by atoms with Gasteiger partial charge < -0.3 is 5.11 Å². The van der Waals surface area contributed by atoms with E-state index in [1.165, 1.54) is 0 Å². The minimum absolute atomic E-state index is 0.0853. The zero-order valence-electron chi connectivity index (χ0n) is 6.50. The second-order valence-electron chi connectivity index (χ2n) is 2.70. The first-order valence-corrected chi connectivity index (χ1v) is 3.84. The van der Waals surface area contributed by atoms with E-state index in [1.807, 2.05) is 19.9 Å². The van der Waals surface area contributed by atoms with E-state index < -0.39 is 0 Å². The van der Waals surface area contributed by atoms with Crippen molar-refractivity contribution in [3.05, 3.63) is 22.8 Å². The molecule has 0 atom stereocenters. The van der Waals surface area contributed by atoms with Crippen LogP contribution in [0.2, 0.25) is 5.02 Å². The Kier molecular flexibility index (Phi) is 2.35. The van der Waals surface area contributed by atoms with Crippen molar-refractivity contribution in [2.45, 2.75) is 19.8 Å². The SMILES string of the molecule is CC(C)c1ccc(Cl)c(O)n1. The van der Waals surface area contributed by atoms with Crippen LogP contribution in [-0.2, 0) is 0 Å². The third-order valence-electron chi connectivity index (χ3n) is 1.44. The summed E-state index contributed by atoms with van der Waals surface area (Å²) in [7, 11) is 0. The lowest BCUT2D eigenvalue weighted by Gasteiger charge is -2.04. The van der Waals surface area contributed by atoms with Gasteiger partial charge in [0.05, 0.1) is 0 Å². The summed E-state index contributed by atoms with van der Waals surface area (Å²) < 4.78 is 0. The van der Waals surface area contributed by atoms with Gasteiger partial charge in [-0.1, -0.05) is 25.4 Å². The number of hydrogen-bond acceptors (Lipinski definition) is 2. The fourth-order valence-electron chi connectivity index (χ4n) is 0.768. The van der Waals surface area contributed by atoms with E-state index >= 15 is 0 Å². The van der Waals surface area contributed by atoms with E-state index in [1.54, 1.807) is 6.07 Å². The van der Waals surface area contributed by atoms with Gasteiger partial charge >= 0.3 is 0 Å². The Balaban J connectivity index is 3.05. The highest BCUT2D eigenvalue weighted by Crippen LogP contribution is 2.22. The van der Waals surface area contributed by atoms with Gasteiger partial charge in [-0.15, -0.1) is 0 Å². The first-order chi connectivity index (χ1) is 5.11. The molecule has 0 bridgehead atoms. The molecular formula is C8H10ClNO. The molecule has 0 spiro atoms. The number of aromatic hydroxyl groups is 1. The predicted molar refractivity (Wildman–Crippen MR) is 45.0 cm³/mol. The number of hydrogen-bond donors (Lipinski definition) is 1. The van der Waals surface area contributed by atoms with Gasteiger partial charge in [0.1, 0.15) is 5.02 Å². The summed E-state index contributed by atoms with van der Waals surface area (Å²) in [5, 5.41) is 9.41. The molecule has 1 heterocycles. The molecule has 1 aromatic rings. The van der Waals surface area contributed by atoms with E-state index in [0.29, 0.717) is 10.9 Å². The van der Waals surface area contributed by atoms with Crippen LogP contribution in [0.3, 0.4) is 0 Å². The van der Waals surface area contributed by atoms with Crippen LogP contribution in [0.4, 0.5) is 0 Å². The zero-order chi connectivity index (χ0) is 8.43. The van der Waals surface area contributed by atoms with Crippen LogP contribution in [0.5, 0.6) is 5.88 Å². The van der Waals surface area contributed by atoms with Crippen molar-refractivity contribution < 1.29 is 5.11 Å². The van der Waals surface area contributed by atoms with Gasteiger partial charge in [-0.05, 0) is 18.1 Å². The number of aromatic nitrogens is 1. The van der Waals surface area contributed by atoms with Crippen LogP contribution in [0.25, 0.3) is 0 Å². The molecule has 1 rings (SSSR count). The smallest absolute Gasteiger partial charge is 0.230 e. The molecule has 0 saturated carbocycles. The maximum Gasteiger partial charge on any atom is 0.230 e. The molecule has 0 aliphatic carbocycles. The second kappa shape index (κ2) is 3.09. The number of halogens is 1. The molecule has 1 aromatic heterocycles. The summed E-state index contributed by atoms with van der Waals surface area (Å²) in [6.45, 7) is 4.02. The molecule has 0 aromatic carbocycles. The van der Waals surface area contributed by atoms with Gasteiger partial charge in [0, 0.05) is 5.69 Å². The minimum atomic E-state index is -0.0853. The predicted octanol–water partition coefficient (Wildman–Crippen LogP) is 2.56. The fraction of sp³-hybridized carbons (Fsp3) is 0.375. The first kappa shape index (κ1) is 8.34. The molecule has 0 saturated heterocycles. The van der Waals surface area contributed by atoms with E-state index in [4.69, 9.17) is 16.7 Å². The Morgan fingerprint density at radius 1 is 1.45 bits per heavy atom. The minimum Gasteiger partial charge on any atom is -0.492 e. The third kappa shape index (κ3) is 1.84. The van der Waals surface area contributed by atoms with E-state index in [-0.39, 0.29) is 5.88 Å². The summed E-state index contributed by atoms with van der Waals surface area (Å²) in [6, 6.07) is 3.46. The monoisotopic (exact) mass is 171 g/mol. The van der Waals surface area contributed by atoms with Gasteiger partial charge in [-0.3, -0.25) is 0 Å². The Bertz CT molecular complexity index is 260. The van der Waals surface area contributed by atoms with Gasteiger partial charge in [0.2, 0.25) is 5.88 Å². The lowest BCUT2D eigenvalue weighted by molar-refractivity contribution is 0.450. The Morgan fingerprint density at radius 3 is 2.55 bits per heavy atom. The zero-order valence-corrected chi connectivity index (χ0v) is 7.26. The molecule has 0 unspecified atom stereocenters. The van der Waals surface area contributed by atoms with Crippen molar-refractivity contribution in [1.82, 2.24) is 4.98 Å². The first-order valence-electron chi connectivity index (χ1n) is 3.46. The maximum atomic E-state index is 9.11. The van der Waals surface area contributed by atoms with Crippen molar-refractivity contribution in [3.63, 3.8) is 0 Å². The van der Waals surface area contributed by atoms with Gasteiger partial charge in [-0.25, -0.2) is 4.98 Å². The average Bonchev–Trinajstić information content (AvgIpc) is 1.94. The van der Waals surface area contributed by atoms with Crippen LogP contribution in [0.1, 0.15) is 25.5 Å². The number of nitrogens with zero attached hydrogens (tertiary/aromatic N) is 1. The molecular weight excluding hydrogens is 162 g/mol. The highest BCUT2D eigenvalue weighted by Gasteiger charge is 2.04. The van der Waals surface area contributed by atoms with Crippen LogP contribution in [-0.4, -0.2) is 10.1 Å². The second-order valence-corrected chi connectivity index (χ2v) is 3.10. The molecule has 0 fully saturated rings. The molecule has 0 aliphatic heterocycles. The van der Waals surface area contributed by atoms with Crippen LogP contribution in [0, 0.1) is 0 Å². The summed E-state index contributed by atoms with van der Waals surface area (Å²) in [5.74, 6) is 0.232. The van der Waals surface area contributed by atoms with Gasteiger partial charge in [-0.2, -0.15) is 0 Å². The van der Waals surface area contributed by atoms with Crippen LogP contribution < -0.4 is 0 Å². The highest BCUT2D eigenvalue weighted by atomic mass is 35.5. The van der Waals surface area contributed by atoms with Gasteiger partial charge in [0.25, 0.3) is 0 Å². The number of pyridine rings is 1. The van der Waals surface area contributed by atoms with Crippen molar-refractivity contribution >= 4 is 11.6 Å². The van der Waals surface area contributed by atoms with Crippen molar-refractivity contribution in [3.8, 4) is 5.88 Å². The lowest BCUT2D eigenvalue weighted by Crippen LogP contribution is -1.91. The van der Waals surface area contributed by atoms with E-state index in [2.05, 4.69) is 4.98 Å². The molecule has 11 heavy (non-hydrogen) atoms. The summed E-state index contributed by atoms with van der Waals surface area (Å²) >= 11 is 5.57. The Hall–Kier alpha value is -0.760. The van der Waals surface area contributed by atoms with Crippen LogP contribution in [0.15, 0.2) is 12.1 Å². The molecule has 3 heteroatoms. The van der Waals surface area contributed by atoms with Crippen LogP contribution >= 0.6 is 11.6 Å². The van der Waals surface area contributed by atoms with E-state index in [0.717, 1.165) is 5.69 Å². The van der Waals surface area contributed by atoms with Crippen molar-refractivity contribution in [1.29, 1.82) is 0 Å².